The SMILES string of the molecule is CC(C)(CNC(=O)C(N)=O)c1ccc(F)cc1. The maximum atomic E-state index is 12.8. The zero-order valence-electron chi connectivity index (χ0n) is 9.79. The van der Waals surface area contributed by atoms with Crippen LogP contribution in [0.15, 0.2) is 24.3 Å². The minimum atomic E-state index is -1.01. The van der Waals surface area contributed by atoms with Crippen molar-refractivity contribution >= 4 is 11.8 Å². The number of nitrogens with one attached hydrogen (secondary N) is 1. The van der Waals surface area contributed by atoms with Gasteiger partial charge in [0.25, 0.3) is 0 Å². The van der Waals surface area contributed by atoms with E-state index >= 15 is 0 Å². The molecule has 0 spiro atoms. The Morgan fingerprint density at radius 2 is 1.82 bits per heavy atom. The fourth-order valence-electron chi connectivity index (χ4n) is 1.39. The molecule has 0 unspecified atom stereocenters. The molecule has 1 aromatic rings. The van der Waals surface area contributed by atoms with Gasteiger partial charge < -0.3 is 11.1 Å². The molecule has 0 saturated carbocycles. The van der Waals surface area contributed by atoms with Crippen LogP contribution in [0.4, 0.5) is 4.39 Å². The molecule has 1 aromatic carbocycles. The van der Waals surface area contributed by atoms with Crippen molar-refractivity contribution in [3.05, 3.63) is 35.6 Å². The predicted molar refractivity (Wildman–Crippen MR) is 61.6 cm³/mol. The Morgan fingerprint density at radius 3 is 2.29 bits per heavy atom. The van der Waals surface area contributed by atoms with Crippen LogP contribution in [0, 0.1) is 5.82 Å². The summed E-state index contributed by atoms with van der Waals surface area (Å²) in [5, 5.41) is 2.43. The van der Waals surface area contributed by atoms with Gasteiger partial charge in [0.15, 0.2) is 0 Å². The number of carbonyl (C=O) groups is 2. The topological polar surface area (TPSA) is 72.2 Å². The van der Waals surface area contributed by atoms with Gasteiger partial charge in [-0.3, -0.25) is 9.59 Å². The van der Waals surface area contributed by atoms with E-state index in [1.165, 1.54) is 12.1 Å². The molecule has 3 N–H and O–H groups in total. The largest absolute Gasteiger partial charge is 0.361 e. The summed E-state index contributed by atoms with van der Waals surface area (Å²) >= 11 is 0. The molecule has 0 radical (unpaired) electrons. The summed E-state index contributed by atoms with van der Waals surface area (Å²) in [4.78, 5) is 21.6. The molecule has 0 atom stereocenters. The first-order valence-electron chi connectivity index (χ1n) is 5.16. The van der Waals surface area contributed by atoms with Gasteiger partial charge in [-0.2, -0.15) is 0 Å². The Balaban J connectivity index is 2.71. The Hall–Kier alpha value is -1.91. The molecule has 2 amide bonds. The molecule has 0 aromatic heterocycles. The molecule has 0 saturated heterocycles. The Labute approximate surface area is 99.0 Å². The fourth-order valence-corrected chi connectivity index (χ4v) is 1.39. The fraction of sp³-hybridized carbons (Fsp3) is 0.333. The van der Waals surface area contributed by atoms with Crippen molar-refractivity contribution in [2.24, 2.45) is 5.73 Å². The minimum Gasteiger partial charge on any atom is -0.361 e. The van der Waals surface area contributed by atoms with Crippen LogP contribution in [0.25, 0.3) is 0 Å². The highest BCUT2D eigenvalue weighted by atomic mass is 19.1. The number of rotatable bonds is 3. The second kappa shape index (κ2) is 4.95. The summed E-state index contributed by atoms with van der Waals surface area (Å²) in [6.45, 7) is 4.00. The normalized spacial score (nSPS) is 11.0. The van der Waals surface area contributed by atoms with E-state index in [-0.39, 0.29) is 12.4 Å². The first kappa shape index (κ1) is 13.2. The average Bonchev–Trinajstić information content (AvgIpc) is 2.26. The lowest BCUT2D eigenvalue weighted by atomic mass is 9.84. The van der Waals surface area contributed by atoms with Gasteiger partial charge in [-0.1, -0.05) is 26.0 Å². The predicted octanol–water partition coefficient (Wildman–Crippen LogP) is 0.705. The molecule has 0 aliphatic carbocycles. The molecular weight excluding hydrogens is 223 g/mol. The summed E-state index contributed by atoms with van der Waals surface area (Å²) in [6.07, 6.45) is 0. The smallest absolute Gasteiger partial charge is 0.309 e. The quantitative estimate of drug-likeness (QED) is 0.761. The van der Waals surface area contributed by atoms with E-state index in [0.29, 0.717) is 0 Å². The molecule has 17 heavy (non-hydrogen) atoms. The zero-order valence-corrected chi connectivity index (χ0v) is 9.79. The summed E-state index contributed by atoms with van der Waals surface area (Å²) in [7, 11) is 0. The number of hydrogen-bond donors (Lipinski definition) is 2. The number of hydrogen-bond acceptors (Lipinski definition) is 2. The third-order valence-electron chi connectivity index (χ3n) is 2.54. The van der Waals surface area contributed by atoms with Crippen molar-refractivity contribution in [1.29, 1.82) is 0 Å². The second-order valence-electron chi connectivity index (χ2n) is 4.44. The highest BCUT2D eigenvalue weighted by Gasteiger charge is 2.22. The lowest BCUT2D eigenvalue weighted by Gasteiger charge is -2.25. The van der Waals surface area contributed by atoms with Gasteiger partial charge in [-0.25, -0.2) is 4.39 Å². The van der Waals surface area contributed by atoms with Crippen LogP contribution in [0.2, 0.25) is 0 Å². The van der Waals surface area contributed by atoms with Gasteiger partial charge in [0, 0.05) is 12.0 Å². The van der Waals surface area contributed by atoms with Gasteiger partial charge in [-0.15, -0.1) is 0 Å². The standard InChI is InChI=1S/C12H15FN2O2/c1-12(2,7-15-11(17)10(14)16)8-3-5-9(13)6-4-8/h3-6H,7H2,1-2H3,(H2,14,16)(H,15,17). The van der Waals surface area contributed by atoms with Crippen LogP contribution in [0.1, 0.15) is 19.4 Å². The number of amides is 2. The van der Waals surface area contributed by atoms with E-state index in [1.54, 1.807) is 12.1 Å². The molecule has 0 heterocycles. The third-order valence-corrected chi connectivity index (χ3v) is 2.54. The molecule has 0 aliphatic heterocycles. The third kappa shape index (κ3) is 3.55. The van der Waals surface area contributed by atoms with Gasteiger partial charge >= 0.3 is 11.8 Å². The molecular formula is C12H15FN2O2. The van der Waals surface area contributed by atoms with Crippen molar-refractivity contribution < 1.29 is 14.0 Å². The van der Waals surface area contributed by atoms with Gasteiger partial charge in [0.1, 0.15) is 5.82 Å². The molecule has 92 valence electrons. The van der Waals surface area contributed by atoms with E-state index in [0.717, 1.165) is 5.56 Å². The van der Waals surface area contributed by atoms with Gasteiger partial charge in [0.05, 0.1) is 0 Å². The monoisotopic (exact) mass is 238 g/mol. The zero-order chi connectivity index (χ0) is 13.1. The molecule has 1 rings (SSSR count). The van der Waals surface area contributed by atoms with Crippen LogP contribution in [0.3, 0.4) is 0 Å². The minimum absolute atomic E-state index is 0.250. The van der Waals surface area contributed by atoms with E-state index in [1.807, 2.05) is 13.8 Å². The van der Waals surface area contributed by atoms with Crippen molar-refractivity contribution in [3.8, 4) is 0 Å². The van der Waals surface area contributed by atoms with E-state index in [2.05, 4.69) is 5.32 Å². The Bertz CT molecular complexity index is 427. The van der Waals surface area contributed by atoms with Crippen molar-refractivity contribution in [3.63, 3.8) is 0 Å². The first-order chi connectivity index (χ1) is 7.83. The highest BCUT2D eigenvalue weighted by Crippen LogP contribution is 2.22. The van der Waals surface area contributed by atoms with Crippen LogP contribution in [0.5, 0.6) is 0 Å². The Morgan fingerprint density at radius 1 is 1.29 bits per heavy atom. The summed E-state index contributed by atoms with van der Waals surface area (Å²) < 4.78 is 12.8. The molecule has 4 nitrogen and oxygen atoms in total. The molecule has 5 heteroatoms. The van der Waals surface area contributed by atoms with Crippen LogP contribution >= 0.6 is 0 Å². The molecule has 0 aliphatic rings. The first-order valence-corrected chi connectivity index (χ1v) is 5.16. The van der Waals surface area contributed by atoms with E-state index < -0.39 is 17.2 Å². The Kier molecular flexibility index (Phi) is 3.83. The van der Waals surface area contributed by atoms with Gasteiger partial charge in [-0.05, 0) is 17.7 Å². The maximum absolute atomic E-state index is 12.8. The summed E-state index contributed by atoms with van der Waals surface area (Å²) in [5.41, 5.74) is 5.28. The van der Waals surface area contributed by atoms with Crippen molar-refractivity contribution in [1.82, 2.24) is 5.32 Å². The van der Waals surface area contributed by atoms with Crippen molar-refractivity contribution in [2.75, 3.05) is 6.54 Å². The molecule has 0 fully saturated rings. The lowest BCUT2D eigenvalue weighted by Crippen LogP contribution is -2.42. The number of halogens is 1. The van der Waals surface area contributed by atoms with Crippen LogP contribution in [-0.4, -0.2) is 18.4 Å². The molecule has 0 bridgehead atoms. The number of benzene rings is 1. The highest BCUT2D eigenvalue weighted by molar-refractivity contribution is 6.34. The van der Waals surface area contributed by atoms with E-state index in [9.17, 15) is 14.0 Å². The van der Waals surface area contributed by atoms with Crippen molar-refractivity contribution in [2.45, 2.75) is 19.3 Å². The second-order valence-corrected chi connectivity index (χ2v) is 4.44. The van der Waals surface area contributed by atoms with Crippen LogP contribution in [-0.2, 0) is 15.0 Å². The average molecular weight is 238 g/mol. The number of primary amides is 1. The van der Waals surface area contributed by atoms with Gasteiger partial charge in [0.2, 0.25) is 0 Å². The van der Waals surface area contributed by atoms with E-state index in [4.69, 9.17) is 5.73 Å². The number of carbonyl (C=O) groups excluding carboxylic acids is 2. The summed E-state index contributed by atoms with van der Waals surface area (Å²) in [5.74, 6) is -2.15. The maximum Gasteiger partial charge on any atom is 0.309 e. The number of nitrogens with two attached hydrogens (primary N) is 1. The van der Waals surface area contributed by atoms with Crippen LogP contribution < -0.4 is 11.1 Å². The lowest BCUT2D eigenvalue weighted by molar-refractivity contribution is -0.137. The summed E-state index contributed by atoms with van der Waals surface area (Å²) in [6, 6.07) is 6.00.